The maximum Gasteiger partial charge on any atom is 0.248 e. The molecule has 1 heterocycles. The highest BCUT2D eigenvalue weighted by atomic mass is 32.2. The fraction of sp³-hybridized carbons (Fsp3) is 0.217. The second kappa shape index (κ2) is 9.19. The number of amides is 1. The number of aromatic nitrogens is 1. The van der Waals surface area contributed by atoms with Crippen molar-refractivity contribution in [1.29, 1.82) is 0 Å². The largest absolute Gasteiger partial charge is 0.322 e. The van der Waals surface area contributed by atoms with Crippen molar-refractivity contribution in [3.63, 3.8) is 0 Å². The van der Waals surface area contributed by atoms with E-state index in [9.17, 15) is 13.2 Å². The van der Waals surface area contributed by atoms with Crippen LogP contribution in [-0.2, 0) is 14.8 Å². The first-order valence-corrected chi connectivity index (χ1v) is 11.2. The van der Waals surface area contributed by atoms with Gasteiger partial charge in [0.1, 0.15) is 0 Å². The molecular weight excluding hydrogens is 398 g/mol. The zero-order valence-electron chi connectivity index (χ0n) is 17.3. The minimum Gasteiger partial charge on any atom is -0.322 e. The van der Waals surface area contributed by atoms with Crippen LogP contribution in [0.15, 0.2) is 65.6 Å². The summed E-state index contributed by atoms with van der Waals surface area (Å²) in [5, 5.41) is 3.76. The molecule has 1 N–H and O–H groups in total. The van der Waals surface area contributed by atoms with E-state index >= 15 is 0 Å². The van der Waals surface area contributed by atoms with E-state index in [-0.39, 0.29) is 10.8 Å². The second-order valence-electron chi connectivity index (χ2n) is 6.82. The standard InChI is InChI=1S/C23H25N3O3S/c1-4-26(5-2)30(28,29)22-16-20(12-10-17(22)3)25-23(27)15-14-19-13-11-18-8-6-7-9-21(18)24-19/h6-16H,4-5H2,1-3H3,(H,25,27). The smallest absolute Gasteiger partial charge is 0.248 e. The average molecular weight is 424 g/mol. The van der Waals surface area contributed by atoms with Gasteiger partial charge in [0.2, 0.25) is 15.9 Å². The number of anilines is 1. The van der Waals surface area contributed by atoms with Crippen LogP contribution in [0.2, 0.25) is 0 Å². The molecule has 0 aliphatic carbocycles. The minimum atomic E-state index is -3.61. The fourth-order valence-electron chi connectivity index (χ4n) is 3.18. The van der Waals surface area contributed by atoms with Crippen molar-refractivity contribution in [2.75, 3.05) is 18.4 Å². The molecule has 0 fully saturated rings. The number of sulfonamides is 1. The molecule has 2 aromatic carbocycles. The van der Waals surface area contributed by atoms with E-state index in [1.54, 1.807) is 39.0 Å². The van der Waals surface area contributed by atoms with E-state index in [0.29, 0.717) is 30.0 Å². The summed E-state index contributed by atoms with van der Waals surface area (Å²) in [6.45, 7) is 6.11. The predicted octanol–water partition coefficient (Wildman–Crippen LogP) is 4.23. The number of fused-ring (bicyclic) bond motifs is 1. The van der Waals surface area contributed by atoms with Gasteiger partial charge in [0, 0.05) is 30.2 Å². The Balaban J connectivity index is 1.78. The SMILES string of the molecule is CCN(CC)S(=O)(=O)c1cc(NC(=O)C=Cc2ccc3ccccc3n2)ccc1C. The molecule has 0 atom stereocenters. The first kappa shape index (κ1) is 21.7. The maximum atomic E-state index is 12.9. The van der Waals surface area contributed by atoms with Gasteiger partial charge in [0.05, 0.1) is 16.1 Å². The van der Waals surface area contributed by atoms with E-state index < -0.39 is 10.0 Å². The number of nitrogens with zero attached hydrogens (tertiary/aromatic N) is 2. The molecule has 7 heteroatoms. The monoisotopic (exact) mass is 423 g/mol. The van der Waals surface area contributed by atoms with Crippen LogP contribution >= 0.6 is 0 Å². The Labute approximate surface area is 177 Å². The second-order valence-corrected chi connectivity index (χ2v) is 8.73. The van der Waals surface area contributed by atoms with Crippen molar-refractivity contribution in [2.24, 2.45) is 0 Å². The normalized spacial score (nSPS) is 12.0. The lowest BCUT2D eigenvalue weighted by atomic mass is 10.2. The van der Waals surface area contributed by atoms with Gasteiger partial charge in [-0.25, -0.2) is 13.4 Å². The Morgan fingerprint density at radius 3 is 2.53 bits per heavy atom. The molecule has 6 nitrogen and oxygen atoms in total. The number of pyridine rings is 1. The first-order chi connectivity index (χ1) is 14.3. The highest BCUT2D eigenvalue weighted by molar-refractivity contribution is 7.89. The van der Waals surface area contributed by atoms with Crippen molar-refractivity contribution in [3.05, 3.63) is 71.9 Å². The van der Waals surface area contributed by atoms with Crippen LogP contribution in [0.3, 0.4) is 0 Å². The van der Waals surface area contributed by atoms with E-state index in [4.69, 9.17) is 0 Å². The summed E-state index contributed by atoms with van der Waals surface area (Å²) in [6.07, 6.45) is 3.01. The lowest BCUT2D eigenvalue weighted by Gasteiger charge is -2.20. The van der Waals surface area contributed by atoms with Gasteiger partial charge >= 0.3 is 0 Å². The van der Waals surface area contributed by atoms with Crippen LogP contribution in [0.1, 0.15) is 25.1 Å². The highest BCUT2D eigenvalue weighted by Crippen LogP contribution is 2.23. The fourth-order valence-corrected chi connectivity index (χ4v) is 4.89. The van der Waals surface area contributed by atoms with Crippen LogP contribution < -0.4 is 5.32 Å². The van der Waals surface area contributed by atoms with Gasteiger partial charge in [-0.05, 0) is 42.8 Å². The molecule has 0 saturated heterocycles. The number of hydrogen-bond donors (Lipinski definition) is 1. The van der Waals surface area contributed by atoms with Gasteiger partial charge in [-0.2, -0.15) is 4.31 Å². The van der Waals surface area contributed by atoms with Crippen molar-refractivity contribution < 1.29 is 13.2 Å². The molecule has 0 radical (unpaired) electrons. The molecular formula is C23H25N3O3S. The van der Waals surface area contributed by atoms with Crippen molar-refractivity contribution in [2.45, 2.75) is 25.7 Å². The molecule has 3 aromatic rings. The molecule has 0 saturated carbocycles. The molecule has 0 unspecified atom stereocenters. The molecule has 0 bridgehead atoms. The lowest BCUT2D eigenvalue weighted by molar-refractivity contribution is -0.111. The number of para-hydroxylation sites is 1. The molecule has 156 valence electrons. The Morgan fingerprint density at radius 2 is 1.80 bits per heavy atom. The number of rotatable bonds is 7. The third-order valence-corrected chi connectivity index (χ3v) is 7.00. The number of carbonyl (C=O) groups is 1. The molecule has 0 spiro atoms. The van der Waals surface area contributed by atoms with E-state index in [1.807, 2.05) is 36.4 Å². The van der Waals surface area contributed by atoms with Crippen molar-refractivity contribution in [3.8, 4) is 0 Å². The number of aryl methyl sites for hydroxylation is 1. The topological polar surface area (TPSA) is 79.4 Å². The zero-order chi connectivity index (χ0) is 21.7. The number of carbonyl (C=O) groups excluding carboxylic acids is 1. The maximum absolute atomic E-state index is 12.9. The third kappa shape index (κ3) is 4.75. The summed E-state index contributed by atoms with van der Waals surface area (Å²) in [6, 6.07) is 16.4. The van der Waals surface area contributed by atoms with Crippen molar-refractivity contribution in [1.82, 2.24) is 9.29 Å². The van der Waals surface area contributed by atoms with Crippen LogP contribution in [0.5, 0.6) is 0 Å². The van der Waals surface area contributed by atoms with Gasteiger partial charge in [0.15, 0.2) is 0 Å². The number of hydrogen-bond acceptors (Lipinski definition) is 4. The summed E-state index contributed by atoms with van der Waals surface area (Å²) in [4.78, 5) is 17.1. The van der Waals surface area contributed by atoms with Crippen molar-refractivity contribution >= 4 is 38.6 Å². The van der Waals surface area contributed by atoms with Gasteiger partial charge in [0.25, 0.3) is 0 Å². The highest BCUT2D eigenvalue weighted by Gasteiger charge is 2.23. The third-order valence-electron chi connectivity index (χ3n) is 4.80. The minimum absolute atomic E-state index is 0.198. The van der Waals surface area contributed by atoms with E-state index in [0.717, 1.165) is 10.9 Å². The summed E-state index contributed by atoms with van der Waals surface area (Å²) < 4.78 is 27.1. The van der Waals surface area contributed by atoms with Crippen LogP contribution in [0.25, 0.3) is 17.0 Å². The summed E-state index contributed by atoms with van der Waals surface area (Å²) >= 11 is 0. The van der Waals surface area contributed by atoms with Crippen LogP contribution in [-0.4, -0.2) is 36.7 Å². The van der Waals surface area contributed by atoms with Gasteiger partial charge in [-0.15, -0.1) is 0 Å². The summed E-state index contributed by atoms with van der Waals surface area (Å²) in [5.74, 6) is -0.361. The Kier molecular flexibility index (Phi) is 6.64. The Bertz CT molecular complexity index is 1200. The van der Waals surface area contributed by atoms with Gasteiger partial charge in [-0.1, -0.05) is 44.2 Å². The molecule has 30 heavy (non-hydrogen) atoms. The molecule has 0 aliphatic rings. The molecule has 3 rings (SSSR count). The summed E-state index contributed by atoms with van der Waals surface area (Å²) in [7, 11) is -3.61. The first-order valence-electron chi connectivity index (χ1n) is 9.80. The van der Waals surface area contributed by atoms with E-state index in [1.165, 1.54) is 16.4 Å². The van der Waals surface area contributed by atoms with E-state index in [2.05, 4.69) is 10.3 Å². The van der Waals surface area contributed by atoms with Crippen LogP contribution in [0, 0.1) is 6.92 Å². The van der Waals surface area contributed by atoms with Gasteiger partial charge < -0.3 is 5.32 Å². The average Bonchev–Trinajstić information content (AvgIpc) is 2.74. The van der Waals surface area contributed by atoms with Crippen LogP contribution in [0.4, 0.5) is 5.69 Å². The van der Waals surface area contributed by atoms with Gasteiger partial charge in [-0.3, -0.25) is 4.79 Å². The zero-order valence-corrected chi connectivity index (χ0v) is 18.1. The molecule has 0 aliphatic heterocycles. The lowest BCUT2D eigenvalue weighted by Crippen LogP contribution is -2.31. The molecule has 1 aromatic heterocycles. The molecule has 1 amide bonds. The Hall–Kier alpha value is -3.03. The summed E-state index contributed by atoms with van der Waals surface area (Å²) in [5.41, 5.74) is 2.57. The Morgan fingerprint density at radius 1 is 1.07 bits per heavy atom. The number of benzene rings is 2. The predicted molar refractivity (Wildman–Crippen MR) is 121 cm³/mol. The quantitative estimate of drug-likeness (QED) is 0.577. The number of nitrogens with one attached hydrogen (secondary N) is 1.